The first-order valence-corrected chi connectivity index (χ1v) is 3.96. The van der Waals surface area contributed by atoms with Gasteiger partial charge in [-0.1, -0.05) is 18.4 Å². The number of carbonyl (C=O) groups excluding carboxylic acids is 1. The Morgan fingerprint density at radius 2 is 2.42 bits per heavy atom. The first kappa shape index (κ1) is 8.61. The third kappa shape index (κ3) is 1.76. The Morgan fingerprint density at radius 1 is 1.67 bits per heavy atom. The number of allylic oxidation sites excluding steroid dienone is 3. The van der Waals surface area contributed by atoms with Crippen LogP contribution >= 0.6 is 0 Å². The van der Waals surface area contributed by atoms with Gasteiger partial charge in [0.1, 0.15) is 0 Å². The maximum absolute atomic E-state index is 11.3. The maximum Gasteiger partial charge on any atom is 0.173 e. The van der Waals surface area contributed by atoms with E-state index in [9.17, 15) is 4.79 Å². The van der Waals surface area contributed by atoms with Gasteiger partial charge in [0, 0.05) is 6.42 Å². The molecule has 1 aliphatic carbocycles. The topological polar surface area (TPSA) is 43.1 Å². The van der Waals surface area contributed by atoms with Gasteiger partial charge in [-0.05, 0) is 18.6 Å². The first-order valence-electron chi connectivity index (χ1n) is 3.96. The Labute approximate surface area is 71.8 Å². The SMILES string of the molecule is CCCC(=O)C1=C=C=CC=C1N. The second-order valence-electron chi connectivity index (χ2n) is 2.61. The Balaban J connectivity index is 2.88. The van der Waals surface area contributed by atoms with Crippen LogP contribution in [-0.2, 0) is 4.79 Å². The van der Waals surface area contributed by atoms with Crippen LogP contribution in [-0.4, -0.2) is 5.78 Å². The van der Waals surface area contributed by atoms with E-state index in [0.717, 1.165) is 6.42 Å². The molecule has 62 valence electrons. The van der Waals surface area contributed by atoms with Crippen molar-refractivity contribution in [3.8, 4) is 0 Å². The Hall–Kier alpha value is -1.49. The molecule has 0 aromatic carbocycles. The lowest BCUT2D eigenvalue weighted by Gasteiger charge is -2.02. The highest BCUT2D eigenvalue weighted by molar-refractivity contribution is 5.99. The van der Waals surface area contributed by atoms with E-state index in [2.05, 4.69) is 11.5 Å². The maximum atomic E-state index is 11.3. The fourth-order valence-electron chi connectivity index (χ4n) is 0.984. The molecule has 0 aromatic rings. The predicted octanol–water partition coefficient (Wildman–Crippen LogP) is 1.45. The average molecular weight is 161 g/mol. The molecule has 12 heavy (non-hydrogen) atoms. The first-order chi connectivity index (χ1) is 5.75. The Morgan fingerprint density at radius 3 is 3.00 bits per heavy atom. The zero-order valence-electron chi connectivity index (χ0n) is 7.05. The van der Waals surface area contributed by atoms with Crippen molar-refractivity contribution in [1.29, 1.82) is 0 Å². The van der Waals surface area contributed by atoms with Crippen LogP contribution < -0.4 is 5.73 Å². The second-order valence-corrected chi connectivity index (χ2v) is 2.61. The van der Waals surface area contributed by atoms with Gasteiger partial charge in [0.15, 0.2) is 5.78 Å². The van der Waals surface area contributed by atoms with Crippen molar-refractivity contribution in [3.05, 3.63) is 34.9 Å². The van der Waals surface area contributed by atoms with Gasteiger partial charge >= 0.3 is 0 Å². The van der Waals surface area contributed by atoms with E-state index in [4.69, 9.17) is 5.73 Å². The van der Waals surface area contributed by atoms with Crippen LogP contribution in [0, 0.1) is 0 Å². The summed E-state index contributed by atoms with van der Waals surface area (Å²) in [5.41, 5.74) is 12.0. The number of rotatable bonds is 3. The quantitative estimate of drug-likeness (QED) is 0.636. The molecule has 0 aromatic heterocycles. The summed E-state index contributed by atoms with van der Waals surface area (Å²) in [7, 11) is 0. The molecule has 0 heterocycles. The number of ketones is 1. The van der Waals surface area contributed by atoms with Crippen molar-refractivity contribution in [2.24, 2.45) is 5.73 Å². The van der Waals surface area contributed by atoms with Crippen LogP contribution in [0.5, 0.6) is 0 Å². The van der Waals surface area contributed by atoms with E-state index < -0.39 is 0 Å². The molecule has 1 rings (SSSR count). The summed E-state index contributed by atoms with van der Waals surface area (Å²) in [5, 5.41) is 0. The minimum absolute atomic E-state index is 0.0480. The molecule has 0 saturated carbocycles. The minimum atomic E-state index is 0.0480. The van der Waals surface area contributed by atoms with E-state index in [1.807, 2.05) is 6.92 Å². The molecule has 0 aliphatic heterocycles. The minimum Gasteiger partial charge on any atom is -0.398 e. The molecule has 0 spiro atoms. The van der Waals surface area contributed by atoms with Crippen LogP contribution in [0.15, 0.2) is 34.9 Å². The molecule has 0 unspecified atom stereocenters. The highest BCUT2D eigenvalue weighted by Crippen LogP contribution is 2.09. The molecule has 2 nitrogen and oxygen atoms in total. The van der Waals surface area contributed by atoms with Gasteiger partial charge in [-0.25, -0.2) is 0 Å². The van der Waals surface area contributed by atoms with E-state index in [1.54, 1.807) is 12.2 Å². The van der Waals surface area contributed by atoms with Crippen LogP contribution in [0.3, 0.4) is 0 Å². The zero-order chi connectivity index (χ0) is 8.97. The third-order valence-electron chi connectivity index (χ3n) is 1.59. The number of Topliss-reactive ketones (excluding diaryl/α,β-unsaturated/α-hetero) is 1. The molecule has 0 saturated heterocycles. The van der Waals surface area contributed by atoms with Crippen LogP contribution in [0.2, 0.25) is 0 Å². The van der Waals surface area contributed by atoms with Crippen molar-refractivity contribution < 1.29 is 4.79 Å². The lowest BCUT2D eigenvalue weighted by molar-refractivity contribution is -0.115. The summed E-state index contributed by atoms with van der Waals surface area (Å²) >= 11 is 0. The molecular weight excluding hydrogens is 150 g/mol. The Kier molecular flexibility index (Phi) is 2.71. The standard InChI is InChI=1S/C10H11NO/c1-2-5-10(12)8-6-3-4-7-9(8)11/h4,7H,2,5,11H2,1H3. The summed E-state index contributed by atoms with van der Waals surface area (Å²) in [6, 6.07) is 0. The van der Waals surface area contributed by atoms with Gasteiger partial charge in [0.05, 0.1) is 11.3 Å². The summed E-state index contributed by atoms with van der Waals surface area (Å²) < 4.78 is 0. The molecule has 2 heteroatoms. The van der Waals surface area contributed by atoms with Gasteiger partial charge in [-0.3, -0.25) is 4.79 Å². The van der Waals surface area contributed by atoms with Gasteiger partial charge < -0.3 is 5.73 Å². The average Bonchev–Trinajstić information content (AvgIpc) is 2.05. The lowest BCUT2D eigenvalue weighted by atomic mass is 10.0. The van der Waals surface area contributed by atoms with Gasteiger partial charge in [0.2, 0.25) is 0 Å². The molecule has 0 radical (unpaired) electrons. The second kappa shape index (κ2) is 3.77. The van der Waals surface area contributed by atoms with Crippen LogP contribution in [0.1, 0.15) is 19.8 Å². The van der Waals surface area contributed by atoms with E-state index in [0.29, 0.717) is 17.7 Å². The van der Waals surface area contributed by atoms with E-state index in [-0.39, 0.29) is 5.78 Å². The van der Waals surface area contributed by atoms with Crippen molar-refractivity contribution >= 4 is 5.78 Å². The van der Waals surface area contributed by atoms with Crippen molar-refractivity contribution in [3.63, 3.8) is 0 Å². The fourth-order valence-corrected chi connectivity index (χ4v) is 0.984. The number of hydrogen-bond donors (Lipinski definition) is 1. The normalized spacial score (nSPS) is 14.1. The van der Waals surface area contributed by atoms with E-state index in [1.165, 1.54) is 0 Å². The van der Waals surface area contributed by atoms with Crippen molar-refractivity contribution in [2.45, 2.75) is 19.8 Å². The summed E-state index contributed by atoms with van der Waals surface area (Å²) in [6.07, 6.45) is 4.68. The van der Waals surface area contributed by atoms with Crippen LogP contribution in [0.25, 0.3) is 0 Å². The smallest absolute Gasteiger partial charge is 0.173 e. The summed E-state index contributed by atoms with van der Waals surface area (Å²) in [6.45, 7) is 1.96. The lowest BCUT2D eigenvalue weighted by Crippen LogP contribution is -2.10. The van der Waals surface area contributed by atoms with Gasteiger partial charge in [0.25, 0.3) is 0 Å². The molecular formula is C10H11NO. The molecule has 1 aliphatic rings. The molecule has 0 bridgehead atoms. The highest BCUT2D eigenvalue weighted by Gasteiger charge is 2.10. The van der Waals surface area contributed by atoms with Crippen molar-refractivity contribution in [2.75, 3.05) is 0 Å². The highest BCUT2D eigenvalue weighted by atomic mass is 16.1. The number of hydrogen-bond acceptors (Lipinski definition) is 2. The predicted molar refractivity (Wildman–Crippen MR) is 47.3 cm³/mol. The zero-order valence-corrected chi connectivity index (χ0v) is 7.05. The fraction of sp³-hybridized carbons (Fsp3) is 0.300. The van der Waals surface area contributed by atoms with Gasteiger partial charge in [-0.2, -0.15) is 0 Å². The largest absolute Gasteiger partial charge is 0.398 e. The number of nitrogens with two attached hydrogens (primary N) is 1. The Bertz CT molecular complexity index is 324. The van der Waals surface area contributed by atoms with Crippen LogP contribution in [0.4, 0.5) is 0 Å². The van der Waals surface area contributed by atoms with Crippen molar-refractivity contribution in [1.82, 2.24) is 0 Å². The molecule has 0 atom stereocenters. The third-order valence-corrected chi connectivity index (χ3v) is 1.59. The molecule has 0 fully saturated rings. The van der Waals surface area contributed by atoms with E-state index >= 15 is 0 Å². The summed E-state index contributed by atoms with van der Waals surface area (Å²) in [4.78, 5) is 11.3. The molecule has 2 N–H and O–H groups in total. The monoisotopic (exact) mass is 161 g/mol. The molecule has 0 amide bonds. The summed E-state index contributed by atoms with van der Waals surface area (Å²) in [5.74, 6) is 0.0480. The van der Waals surface area contributed by atoms with Gasteiger partial charge in [-0.15, -0.1) is 0 Å². The number of carbonyl (C=O) groups is 1.